The molecule has 1 atom stereocenters. The zero-order valence-electron chi connectivity index (χ0n) is 8.99. The summed E-state index contributed by atoms with van der Waals surface area (Å²) in [6, 6.07) is 5.11. The third-order valence-electron chi connectivity index (χ3n) is 2.53. The average Bonchev–Trinajstić information content (AvgIpc) is 2.61. The van der Waals surface area contributed by atoms with Crippen molar-refractivity contribution in [3.63, 3.8) is 0 Å². The van der Waals surface area contributed by atoms with Gasteiger partial charge in [0.15, 0.2) is 0 Å². The van der Waals surface area contributed by atoms with E-state index in [2.05, 4.69) is 21.0 Å². The standard InChI is InChI=1S/C11H10BrCl2N3/c1-17-11(9(14)5-16-17)10(15)7-4-6(13)2-3-8(7)12/h2-5,10H,15H2,1H3. The van der Waals surface area contributed by atoms with Crippen molar-refractivity contribution < 1.29 is 0 Å². The fourth-order valence-electron chi connectivity index (χ4n) is 1.67. The van der Waals surface area contributed by atoms with Gasteiger partial charge in [0.05, 0.1) is 23.0 Å². The molecule has 3 nitrogen and oxygen atoms in total. The lowest BCUT2D eigenvalue weighted by Crippen LogP contribution is -2.17. The predicted molar refractivity (Wildman–Crippen MR) is 73.4 cm³/mol. The molecule has 0 saturated heterocycles. The predicted octanol–water partition coefficient (Wildman–Crippen LogP) is 3.54. The van der Waals surface area contributed by atoms with Crippen molar-refractivity contribution in [1.82, 2.24) is 9.78 Å². The second-order valence-electron chi connectivity index (χ2n) is 3.64. The maximum absolute atomic E-state index is 6.20. The Morgan fingerprint density at radius 2 is 2.12 bits per heavy atom. The summed E-state index contributed by atoms with van der Waals surface area (Å²) in [5, 5.41) is 5.26. The second-order valence-corrected chi connectivity index (χ2v) is 5.34. The molecule has 0 fully saturated rings. The lowest BCUT2D eigenvalue weighted by atomic mass is 10.0. The number of aromatic nitrogens is 2. The molecule has 0 radical (unpaired) electrons. The molecule has 0 aliphatic heterocycles. The van der Waals surface area contributed by atoms with Crippen LogP contribution in [0.3, 0.4) is 0 Å². The van der Waals surface area contributed by atoms with Gasteiger partial charge >= 0.3 is 0 Å². The summed E-state index contributed by atoms with van der Waals surface area (Å²) in [7, 11) is 1.81. The van der Waals surface area contributed by atoms with Crippen LogP contribution in [0.25, 0.3) is 0 Å². The minimum atomic E-state index is -0.372. The molecule has 6 heteroatoms. The first-order valence-electron chi connectivity index (χ1n) is 4.88. The van der Waals surface area contributed by atoms with Crippen LogP contribution in [0.4, 0.5) is 0 Å². The van der Waals surface area contributed by atoms with Gasteiger partial charge in [0.2, 0.25) is 0 Å². The van der Waals surface area contributed by atoms with E-state index in [1.807, 2.05) is 12.1 Å². The molecule has 90 valence electrons. The molecule has 2 N–H and O–H groups in total. The van der Waals surface area contributed by atoms with Crippen molar-refractivity contribution in [1.29, 1.82) is 0 Å². The first-order valence-corrected chi connectivity index (χ1v) is 6.43. The molecule has 1 aromatic heterocycles. The topological polar surface area (TPSA) is 43.8 Å². The van der Waals surface area contributed by atoms with Crippen LogP contribution in [-0.4, -0.2) is 9.78 Å². The van der Waals surface area contributed by atoms with Crippen LogP contribution in [0.15, 0.2) is 28.9 Å². The van der Waals surface area contributed by atoms with Gasteiger partial charge in [-0.15, -0.1) is 0 Å². The van der Waals surface area contributed by atoms with Crippen LogP contribution in [0.2, 0.25) is 10.0 Å². The first kappa shape index (κ1) is 12.9. The smallest absolute Gasteiger partial charge is 0.0837 e. The van der Waals surface area contributed by atoms with Gasteiger partial charge in [0.1, 0.15) is 0 Å². The van der Waals surface area contributed by atoms with Crippen molar-refractivity contribution in [2.75, 3.05) is 0 Å². The molecular weight excluding hydrogens is 325 g/mol. The third-order valence-corrected chi connectivity index (χ3v) is 3.77. The summed E-state index contributed by atoms with van der Waals surface area (Å²) in [6.45, 7) is 0. The number of halogens is 3. The molecule has 0 amide bonds. The van der Waals surface area contributed by atoms with Gasteiger partial charge in [-0.2, -0.15) is 5.10 Å². The van der Waals surface area contributed by atoms with E-state index in [1.165, 1.54) is 0 Å². The minimum absolute atomic E-state index is 0.372. The van der Waals surface area contributed by atoms with Crippen LogP contribution < -0.4 is 5.73 Å². The molecule has 2 rings (SSSR count). The molecule has 17 heavy (non-hydrogen) atoms. The van der Waals surface area contributed by atoms with E-state index in [0.29, 0.717) is 10.0 Å². The lowest BCUT2D eigenvalue weighted by Gasteiger charge is -2.15. The van der Waals surface area contributed by atoms with Crippen LogP contribution in [0.1, 0.15) is 17.3 Å². The normalized spacial score (nSPS) is 12.8. The Morgan fingerprint density at radius 3 is 2.71 bits per heavy atom. The number of rotatable bonds is 2. The zero-order chi connectivity index (χ0) is 12.6. The molecule has 0 bridgehead atoms. The van der Waals surface area contributed by atoms with Gasteiger partial charge in [-0.1, -0.05) is 39.1 Å². The summed E-state index contributed by atoms with van der Waals surface area (Å²) in [4.78, 5) is 0. The van der Waals surface area contributed by atoms with E-state index in [4.69, 9.17) is 28.9 Å². The van der Waals surface area contributed by atoms with Gasteiger partial charge in [-0.3, -0.25) is 4.68 Å². The summed E-state index contributed by atoms with van der Waals surface area (Å²) < 4.78 is 2.56. The van der Waals surface area contributed by atoms with Crippen LogP contribution in [-0.2, 0) is 7.05 Å². The summed E-state index contributed by atoms with van der Waals surface area (Å²) >= 11 is 15.5. The Labute approximate surface area is 118 Å². The van der Waals surface area contributed by atoms with Gasteiger partial charge < -0.3 is 5.73 Å². The summed E-state index contributed by atoms with van der Waals surface area (Å²) in [6.07, 6.45) is 1.58. The van der Waals surface area contributed by atoms with Crippen LogP contribution in [0.5, 0.6) is 0 Å². The van der Waals surface area contributed by atoms with Crippen LogP contribution >= 0.6 is 39.1 Å². The maximum Gasteiger partial charge on any atom is 0.0837 e. The number of hydrogen-bond acceptors (Lipinski definition) is 2. The second kappa shape index (κ2) is 4.98. The monoisotopic (exact) mass is 333 g/mol. The Balaban J connectivity index is 2.50. The van der Waals surface area contributed by atoms with Crippen molar-refractivity contribution in [2.24, 2.45) is 12.8 Å². The number of benzene rings is 1. The van der Waals surface area contributed by atoms with E-state index in [9.17, 15) is 0 Å². The molecule has 2 aromatic rings. The van der Waals surface area contributed by atoms with Crippen LogP contribution in [0, 0.1) is 0 Å². The molecule has 1 aromatic carbocycles. The number of nitrogens with two attached hydrogens (primary N) is 1. The Hall–Kier alpha value is -0.550. The molecule has 0 aliphatic rings. The van der Waals surface area contributed by atoms with Gasteiger partial charge in [0.25, 0.3) is 0 Å². The van der Waals surface area contributed by atoms with E-state index < -0.39 is 0 Å². The quantitative estimate of drug-likeness (QED) is 0.912. The Bertz CT molecular complexity index is 534. The van der Waals surface area contributed by atoms with E-state index in [0.717, 1.165) is 15.7 Å². The van der Waals surface area contributed by atoms with Gasteiger partial charge in [-0.25, -0.2) is 0 Å². The highest BCUT2D eigenvalue weighted by Gasteiger charge is 2.19. The fourth-order valence-corrected chi connectivity index (χ4v) is 2.63. The third kappa shape index (κ3) is 2.50. The Kier molecular flexibility index (Phi) is 3.78. The summed E-state index contributed by atoms with van der Waals surface area (Å²) in [5.74, 6) is 0. The highest BCUT2D eigenvalue weighted by atomic mass is 79.9. The van der Waals surface area contributed by atoms with Crippen molar-refractivity contribution >= 4 is 39.1 Å². The molecule has 0 spiro atoms. The molecule has 1 unspecified atom stereocenters. The lowest BCUT2D eigenvalue weighted by molar-refractivity contribution is 0.672. The molecule has 0 saturated carbocycles. The van der Waals surface area contributed by atoms with Crippen molar-refractivity contribution in [2.45, 2.75) is 6.04 Å². The van der Waals surface area contributed by atoms with Crippen molar-refractivity contribution in [3.05, 3.63) is 50.2 Å². The fraction of sp³-hybridized carbons (Fsp3) is 0.182. The van der Waals surface area contributed by atoms with Crippen molar-refractivity contribution in [3.8, 4) is 0 Å². The largest absolute Gasteiger partial charge is 0.319 e. The van der Waals surface area contributed by atoms with E-state index in [1.54, 1.807) is 24.0 Å². The average molecular weight is 335 g/mol. The van der Waals surface area contributed by atoms with E-state index in [-0.39, 0.29) is 6.04 Å². The Morgan fingerprint density at radius 1 is 1.41 bits per heavy atom. The number of hydrogen-bond donors (Lipinski definition) is 1. The summed E-state index contributed by atoms with van der Waals surface area (Å²) in [5.41, 5.74) is 7.83. The van der Waals surface area contributed by atoms with Gasteiger partial charge in [0, 0.05) is 16.5 Å². The molecule has 1 heterocycles. The first-order chi connectivity index (χ1) is 8.00. The van der Waals surface area contributed by atoms with E-state index >= 15 is 0 Å². The highest BCUT2D eigenvalue weighted by molar-refractivity contribution is 9.10. The van der Waals surface area contributed by atoms with Gasteiger partial charge in [-0.05, 0) is 23.8 Å². The number of nitrogens with zero attached hydrogens (tertiary/aromatic N) is 2. The SMILES string of the molecule is Cn1ncc(Cl)c1C(N)c1cc(Cl)ccc1Br. The molecular formula is C11H10BrCl2N3. The minimum Gasteiger partial charge on any atom is -0.319 e. The number of aryl methyl sites for hydroxylation is 1. The molecule has 0 aliphatic carbocycles. The maximum atomic E-state index is 6.20. The zero-order valence-corrected chi connectivity index (χ0v) is 12.1. The highest BCUT2D eigenvalue weighted by Crippen LogP contribution is 2.32.